The Bertz CT molecular complexity index is 727. The summed E-state index contributed by atoms with van der Waals surface area (Å²) in [6.45, 7) is 1.88. The van der Waals surface area contributed by atoms with Gasteiger partial charge in [0.15, 0.2) is 5.16 Å². The average molecular weight is 287 g/mol. The summed E-state index contributed by atoms with van der Waals surface area (Å²) in [7, 11) is 0. The Hall–Kier alpha value is -2.62. The predicted octanol–water partition coefficient (Wildman–Crippen LogP) is 0.284. The maximum Gasteiger partial charge on any atom is 0.257 e. The molecule has 0 aliphatic heterocycles. The number of anilines is 1. The molecule has 100 valence electrons. The molecule has 10 heteroatoms. The van der Waals surface area contributed by atoms with E-state index in [0.29, 0.717) is 16.3 Å². The zero-order valence-corrected chi connectivity index (χ0v) is 11.2. The number of nitrogen functional groups attached to an aromatic ring is 1. The third kappa shape index (κ3) is 2.69. The molecule has 20 heavy (non-hydrogen) atoms. The van der Waals surface area contributed by atoms with Gasteiger partial charge in [0.05, 0.1) is 0 Å². The van der Waals surface area contributed by atoms with Gasteiger partial charge < -0.3 is 5.73 Å². The first-order chi connectivity index (χ1) is 9.70. The van der Waals surface area contributed by atoms with Gasteiger partial charge >= 0.3 is 0 Å². The fourth-order valence-electron chi connectivity index (χ4n) is 1.38. The Morgan fingerprint density at radius 1 is 1.15 bits per heavy atom. The monoisotopic (exact) mass is 287 g/mol. The van der Waals surface area contributed by atoms with Crippen LogP contribution in [0.2, 0.25) is 0 Å². The van der Waals surface area contributed by atoms with Gasteiger partial charge in [0, 0.05) is 11.9 Å². The first-order valence-corrected chi connectivity index (χ1v) is 6.36. The summed E-state index contributed by atoms with van der Waals surface area (Å²) < 4.78 is 1.40. The summed E-state index contributed by atoms with van der Waals surface area (Å²) in [4.78, 5) is 24.5. The van der Waals surface area contributed by atoms with Crippen molar-refractivity contribution in [2.75, 3.05) is 5.73 Å². The van der Waals surface area contributed by atoms with Gasteiger partial charge in [-0.05, 0) is 24.8 Å². The van der Waals surface area contributed by atoms with Gasteiger partial charge in [-0.2, -0.15) is 24.7 Å². The molecule has 2 N–H and O–H groups in total. The SMILES string of the molecule is Cc1ccnc(Sc2nc(N)nc(-n3cncn3)n2)n1. The van der Waals surface area contributed by atoms with E-state index in [1.807, 2.05) is 13.0 Å². The van der Waals surface area contributed by atoms with E-state index >= 15 is 0 Å². The molecule has 0 radical (unpaired) electrons. The van der Waals surface area contributed by atoms with Gasteiger partial charge in [0.25, 0.3) is 5.95 Å². The largest absolute Gasteiger partial charge is 0.368 e. The molecule has 0 saturated carbocycles. The molecule has 0 saturated heterocycles. The maximum atomic E-state index is 5.67. The zero-order chi connectivity index (χ0) is 13.9. The minimum atomic E-state index is 0.0978. The standard InChI is InChI=1S/C10H9N9S/c1-6-2-3-13-9(15-6)20-10-17-7(11)16-8(18-10)19-5-12-4-14-19/h2-5H,1H3,(H2,11,16,17,18). The lowest BCUT2D eigenvalue weighted by molar-refractivity contribution is 0.761. The number of rotatable bonds is 3. The highest BCUT2D eigenvalue weighted by Gasteiger charge is 2.10. The Kier molecular flexibility index (Phi) is 3.21. The lowest BCUT2D eigenvalue weighted by Gasteiger charge is -2.03. The summed E-state index contributed by atoms with van der Waals surface area (Å²) in [5.41, 5.74) is 6.53. The van der Waals surface area contributed by atoms with Gasteiger partial charge in [-0.25, -0.2) is 15.0 Å². The van der Waals surface area contributed by atoms with Crippen LogP contribution in [0.4, 0.5) is 5.95 Å². The van der Waals surface area contributed by atoms with E-state index in [9.17, 15) is 0 Å². The first-order valence-electron chi connectivity index (χ1n) is 5.55. The fourth-order valence-corrected chi connectivity index (χ4v) is 2.11. The Morgan fingerprint density at radius 2 is 2.05 bits per heavy atom. The lowest BCUT2D eigenvalue weighted by atomic mass is 10.5. The number of aryl methyl sites for hydroxylation is 1. The summed E-state index contributed by atoms with van der Waals surface area (Å²) >= 11 is 1.20. The molecule has 3 aromatic rings. The van der Waals surface area contributed by atoms with Gasteiger partial charge in [-0.15, -0.1) is 0 Å². The van der Waals surface area contributed by atoms with E-state index in [1.165, 1.54) is 29.1 Å². The second kappa shape index (κ2) is 5.17. The number of nitrogens with zero attached hydrogens (tertiary/aromatic N) is 8. The van der Waals surface area contributed by atoms with Crippen LogP contribution in [0, 0.1) is 6.92 Å². The normalized spacial score (nSPS) is 10.7. The summed E-state index contributed by atoms with van der Waals surface area (Å²) in [5.74, 6) is 0.394. The van der Waals surface area contributed by atoms with Crippen molar-refractivity contribution in [2.24, 2.45) is 0 Å². The molecule has 3 heterocycles. The average Bonchev–Trinajstić information content (AvgIpc) is 2.91. The van der Waals surface area contributed by atoms with Gasteiger partial charge in [0.1, 0.15) is 12.7 Å². The molecule has 0 aliphatic rings. The Balaban J connectivity index is 1.94. The highest BCUT2D eigenvalue weighted by Crippen LogP contribution is 2.21. The minimum Gasteiger partial charge on any atom is -0.368 e. The number of nitrogens with two attached hydrogens (primary N) is 1. The quantitative estimate of drug-likeness (QED) is 0.677. The van der Waals surface area contributed by atoms with E-state index in [0.717, 1.165) is 5.69 Å². The van der Waals surface area contributed by atoms with Crippen molar-refractivity contribution in [1.82, 2.24) is 39.7 Å². The second-order valence-corrected chi connectivity index (χ2v) is 4.63. The van der Waals surface area contributed by atoms with E-state index in [-0.39, 0.29) is 5.95 Å². The molecule has 9 nitrogen and oxygen atoms in total. The van der Waals surface area contributed by atoms with Crippen molar-refractivity contribution in [3.8, 4) is 5.95 Å². The molecule has 0 spiro atoms. The zero-order valence-electron chi connectivity index (χ0n) is 10.4. The highest BCUT2D eigenvalue weighted by molar-refractivity contribution is 7.99. The van der Waals surface area contributed by atoms with Crippen LogP contribution in [-0.4, -0.2) is 39.7 Å². The molecule has 3 rings (SSSR count). The van der Waals surface area contributed by atoms with Crippen LogP contribution in [-0.2, 0) is 0 Å². The van der Waals surface area contributed by atoms with E-state index in [4.69, 9.17) is 5.73 Å². The lowest BCUT2D eigenvalue weighted by Crippen LogP contribution is -2.07. The van der Waals surface area contributed by atoms with E-state index < -0.39 is 0 Å². The van der Waals surface area contributed by atoms with Crippen LogP contribution in [0.3, 0.4) is 0 Å². The maximum absolute atomic E-state index is 5.67. The van der Waals surface area contributed by atoms with Crippen molar-refractivity contribution in [3.63, 3.8) is 0 Å². The molecular formula is C10H9N9S. The summed E-state index contributed by atoms with van der Waals surface area (Å²) in [6, 6.07) is 1.81. The molecule has 0 aromatic carbocycles. The van der Waals surface area contributed by atoms with Crippen molar-refractivity contribution >= 4 is 17.7 Å². The number of hydrogen-bond acceptors (Lipinski definition) is 9. The van der Waals surface area contributed by atoms with Gasteiger partial charge in [0.2, 0.25) is 11.1 Å². The van der Waals surface area contributed by atoms with Crippen molar-refractivity contribution < 1.29 is 0 Å². The van der Waals surface area contributed by atoms with Crippen LogP contribution in [0.25, 0.3) is 5.95 Å². The van der Waals surface area contributed by atoms with Gasteiger partial charge in [-0.1, -0.05) is 0 Å². The second-order valence-electron chi connectivity index (χ2n) is 3.70. The molecule has 3 aromatic heterocycles. The molecule has 0 atom stereocenters. The van der Waals surface area contributed by atoms with Crippen LogP contribution in [0.15, 0.2) is 35.2 Å². The number of hydrogen-bond donors (Lipinski definition) is 1. The Labute approximate surface area is 117 Å². The molecule has 0 aliphatic carbocycles. The van der Waals surface area contributed by atoms with Crippen LogP contribution < -0.4 is 5.73 Å². The van der Waals surface area contributed by atoms with Crippen LogP contribution in [0.1, 0.15) is 5.69 Å². The topological polar surface area (TPSA) is 121 Å². The smallest absolute Gasteiger partial charge is 0.257 e. The third-order valence-corrected chi connectivity index (χ3v) is 2.94. The van der Waals surface area contributed by atoms with E-state index in [2.05, 4.69) is 35.0 Å². The molecule has 0 bridgehead atoms. The molecule has 0 unspecified atom stereocenters. The molecular weight excluding hydrogens is 278 g/mol. The summed E-state index contributed by atoms with van der Waals surface area (Å²) in [6.07, 6.45) is 4.54. The van der Waals surface area contributed by atoms with Crippen molar-refractivity contribution in [3.05, 3.63) is 30.6 Å². The van der Waals surface area contributed by atoms with Crippen molar-refractivity contribution in [2.45, 2.75) is 17.2 Å². The first kappa shape index (κ1) is 12.4. The molecule has 0 fully saturated rings. The van der Waals surface area contributed by atoms with E-state index in [1.54, 1.807) is 6.20 Å². The molecule has 0 amide bonds. The number of aromatic nitrogens is 8. The van der Waals surface area contributed by atoms with Crippen molar-refractivity contribution in [1.29, 1.82) is 0 Å². The summed E-state index contributed by atoms with van der Waals surface area (Å²) in [5, 5.41) is 4.89. The predicted molar refractivity (Wildman–Crippen MR) is 70.0 cm³/mol. The van der Waals surface area contributed by atoms with Crippen LogP contribution in [0.5, 0.6) is 0 Å². The van der Waals surface area contributed by atoms with Gasteiger partial charge in [-0.3, -0.25) is 0 Å². The highest BCUT2D eigenvalue weighted by atomic mass is 32.2. The Morgan fingerprint density at radius 3 is 2.80 bits per heavy atom. The third-order valence-electron chi connectivity index (χ3n) is 2.20. The van der Waals surface area contributed by atoms with Crippen LogP contribution >= 0.6 is 11.8 Å². The fraction of sp³-hybridized carbons (Fsp3) is 0.100. The minimum absolute atomic E-state index is 0.0978.